The second-order valence-corrected chi connectivity index (χ2v) is 5.50. The molecular formula is C20H14N2O4-2. The predicted molar refractivity (Wildman–Crippen MR) is 94.6 cm³/mol. The van der Waals surface area contributed by atoms with Crippen molar-refractivity contribution in [1.29, 1.82) is 0 Å². The Labute approximate surface area is 149 Å². The first-order valence-corrected chi connectivity index (χ1v) is 7.79. The Balaban J connectivity index is 2.06. The zero-order valence-electron chi connectivity index (χ0n) is 13.6. The molecule has 3 aromatic carbocycles. The van der Waals surface area contributed by atoms with Crippen LogP contribution >= 0.6 is 0 Å². The van der Waals surface area contributed by atoms with E-state index in [0.29, 0.717) is 11.4 Å². The minimum absolute atomic E-state index is 0.106. The third kappa shape index (κ3) is 3.81. The van der Waals surface area contributed by atoms with Gasteiger partial charge in [0.15, 0.2) is 0 Å². The first kappa shape index (κ1) is 17.0. The molecule has 3 rings (SSSR count). The Kier molecular flexibility index (Phi) is 4.85. The molecule has 130 valence electrons. The third-order valence-corrected chi connectivity index (χ3v) is 3.70. The highest BCUT2D eigenvalue weighted by Gasteiger charge is 2.12. The predicted octanol–water partition coefficient (Wildman–Crippen LogP) is 1.90. The Morgan fingerprint density at radius 3 is 1.27 bits per heavy atom. The molecule has 0 aromatic heterocycles. The van der Waals surface area contributed by atoms with Crippen LogP contribution in [-0.2, 0) is 0 Å². The van der Waals surface area contributed by atoms with Crippen LogP contribution in [0.15, 0.2) is 72.8 Å². The van der Waals surface area contributed by atoms with Crippen molar-refractivity contribution in [2.45, 2.75) is 0 Å². The number of carbonyl (C=O) groups excluding carboxylic acids is 2. The molecule has 0 saturated heterocycles. The zero-order valence-corrected chi connectivity index (χ0v) is 13.6. The van der Waals surface area contributed by atoms with Crippen molar-refractivity contribution in [3.8, 4) is 0 Å². The van der Waals surface area contributed by atoms with Crippen LogP contribution in [0, 0.1) is 0 Å². The summed E-state index contributed by atoms with van der Waals surface area (Å²) in [5, 5.41) is 28.9. The topological polar surface area (TPSA) is 104 Å². The van der Waals surface area contributed by atoms with E-state index < -0.39 is 11.9 Å². The summed E-state index contributed by atoms with van der Waals surface area (Å²) in [6, 6.07) is 20.1. The van der Waals surface area contributed by atoms with Gasteiger partial charge < -0.3 is 30.4 Å². The van der Waals surface area contributed by atoms with Gasteiger partial charge in [0.2, 0.25) is 0 Å². The van der Waals surface area contributed by atoms with Gasteiger partial charge in [-0.15, -0.1) is 0 Å². The first-order valence-electron chi connectivity index (χ1n) is 7.79. The van der Waals surface area contributed by atoms with E-state index in [-0.39, 0.29) is 22.5 Å². The summed E-state index contributed by atoms with van der Waals surface area (Å²) in [4.78, 5) is 23.1. The normalized spacial score (nSPS) is 10.2. The molecule has 2 N–H and O–H groups in total. The average molecular weight is 346 g/mol. The first-order chi connectivity index (χ1) is 12.5. The lowest BCUT2D eigenvalue weighted by Crippen LogP contribution is -2.26. The molecule has 26 heavy (non-hydrogen) atoms. The minimum atomic E-state index is -1.43. The van der Waals surface area contributed by atoms with Crippen molar-refractivity contribution in [1.82, 2.24) is 0 Å². The molecule has 0 radical (unpaired) electrons. The quantitative estimate of drug-likeness (QED) is 0.706. The van der Waals surface area contributed by atoms with E-state index in [0.717, 1.165) is 0 Å². The number of para-hydroxylation sites is 2. The van der Waals surface area contributed by atoms with E-state index in [1.54, 1.807) is 48.5 Å². The van der Waals surface area contributed by atoms with E-state index in [9.17, 15) is 19.8 Å². The lowest BCUT2D eigenvalue weighted by Gasteiger charge is -2.20. The molecule has 0 spiro atoms. The van der Waals surface area contributed by atoms with Crippen molar-refractivity contribution in [3.05, 3.63) is 83.9 Å². The molecule has 0 heterocycles. The maximum atomic E-state index is 11.6. The molecule has 0 bridgehead atoms. The van der Waals surface area contributed by atoms with Crippen molar-refractivity contribution in [3.63, 3.8) is 0 Å². The average Bonchev–Trinajstić information content (AvgIpc) is 2.64. The number of hydrogen-bond acceptors (Lipinski definition) is 6. The number of aromatic carboxylic acids is 2. The van der Waals surface area contributed by atoms with Crippen LogP contribution in [0.1, 0.15) is 20.7 Å². The highest BCUT2D eigenvalue weighted by Crippen LogP contribution is 2.29. The van der Waals surface area contributed by atoms with Gasteiger partial charge in [0.1, 0.15) is 0 Å². The SMILES string of the molecule is O=C([O-])c1cc(Nc2ccccc2)c(C(=O)[O-])cc1Nc1ccccc1. The van der Waals surface area contributed by atoms with E-state index >= 15 is 0 Å². The number of nitrogens with one attached hydrogen (secondary N) is 2. The van der Waals surface area contributed by atoms with Crippen LogP contribution in [0.3, 0.4) is 0 Å². The summed E-state index contributed by atoms with van der Waals surface area (Å²) in [5.41, 5.74) is 1.10. The number of benzene rings is 3. The number of hydrogen-bond donors (Lipinski definition) is 2. The lowest BCUT2D eigenvalue weighted by atomic mass is 10.1. The number of carboxylic acids is 2. The van der Waals surface area contributed by atoms with Crippen LogP contribution in [0.4, 0.5) is 22.7 Å². The molecule has 0 unspecified atom stereocenters. The number of carbonyl (C=O) groups is 2. The molecule has 0 saturated carbocycles. The maximum Gasteiger partial charge on any atom is 0.0736 e. The molecule has 0 aliphatic heterocycles. The fourth-order valence-electron chi connectivity index (χ4n) is 2.50. The summed E-state index contributed by atoms with van der Waals surface area (Å²) in [6.07, 6.45) is 0. The fourth-order valence-corrected chi connectivity index (χ4v) is 2.50. The van der Waals surface area contributed by atoms with Gasteiger partial charge in [-0.05, 0) is 36.4 Å². The standard InChI is InChI=1S/C20H16N2O4/c23-19(24)15-12-18(22-14-9-5-2-6-10-14)16(20(25)26)11-17(15)21-13-7-3-1-4-8-13/h1-12,21-22H,(H,23,24)(H,25,26)/p-2. The molecule has 0 fully saturated rings. The largest absolute Gasteiger partial charge is 0.545 e. The van der Waals surface area contributed by atoms with E-state index in [4.69, 9.17) is 0 Å². The van der Waals surface area contributed by atoms with Gasteiger partial charge >= 0.3 is 0 Å². The van der Waals surface area contributed by atoms with Crippen molar-refractivity contribution in [2.75, 3.05) is 10.6 Å². The molecule has 0 aliphatic rings. The van der Waals surface area contributed by atoms with Crippen LogP contribution in [0.25, 0.3) is 0 Å². The lowest BCUT2D eigenvalue weighted by molar-refractivity contribution is -0.256. The van der Waals surface area contributed by atoms with Gasteiger partial charge in [0, 0.05) is 33.9 Å². The Bertz CT molecular complexity index is 862. The number of anilines is 4. The second-order valence-electron chi connectivity index (χ2n) is 5.50. The van der Waals surface area contributed by atoms with Crippen LogP contribution in [-0.4, -0.2) is 11.9 Å². The third-order valence-electron chi connectivity index (χ3n) is 3.70. The van der Waals surface area contributed by atoms with Gasteiger partial charge in [-0.25, -0.2) is 0 Å². The van der Waals surface area contributed by atoms with Crippen LogP contribution in [0.5, 0.6) is 0 Å². The molecule has 0 atom stereocenters. The highest BCUT2D eigenvalue weighted by molar-refractivity contribution is 6.02. The Hall–Kier alpha value is -3.80. The van der Waals surface area contributed by atoms with Crippen molar-refractivity contribution in [2.24, 2.45) is 0 Å². The molecule has 0 aliphatic carbocycles. The Morgan fingerprint density at radius 2 is 0.962 bits per heavy atom. The smallest absolute Gasteiger partial charge is 0.0736 e. The Morgan fingerprint density at radius 1 is 0.615 bits per heavy atom. The maximum absolute atomic E-state index is 11.6. The van der Waals surface area contributed by atoms with Gasteiger partial charge in [0.05, 0.1) is 11.9 Å². The summed E-state index contributed by atoms with van der Waals surface area (Å²) in [5.74, 6) is -2.85. The summed E-state index contributed by atoms with van der Waals surface area (Å²) < 4.78 is 0. The van der Waals surface area contributed by atoms with Crippen molar-refractivity contribution >= 4 is 34.7 Å². The van der Waals surface area contributed by atoms with Gasteiger partial charge in [0.25, 0.3) is 0 Å². The van der Waals surface area contributed by atoms with E-state index in [1.165, 1.54) is 12.1 Å². The molecule has 3 aromatic rings. The van der Waals surface area contributed by atoms with Crippen molar-refractivity contribution < 1.29 is 19.8 Å². The molecule has 6 nitrogen and oxygen atoms in total. The highest BCUT2D eigenvalue weighted by atomic mass is 16.4. The fraction of sp³-hybridized carbons (Fsp3) is 0. The van der Waals surface area contributed by atoms with Gasteiger partial charge in [-0.1, -0.05) is 36.4 Å². The van der Waals surface area contributed by atoms with E-state index in [1.807, 2.05) is 12.1 Å². The summed E-state index contributed by atoms with van der Waals surface area (Å²) in [6.45, 7) is 0. The van der Waals surface area contributed by atoms with Gasteiger partial charge in [-0.3, -0.25) is 0 Å². The van der Waals surface area contributed by atoms with E-state index in [2.05, 4.69) is 10.6 Å². The molecule has 0 amide bonds. The minimum Gasteiger partial charge on any atom is -0.545 e. The summed E-state index contributed by atoms with van der Waals surface area (Å²) in [7, 11) is 0. The van der Waals surface area contributed by atoms with Gasteiger partial charge in [-0.2, -0.15) is 0 Å². The van der Waals surface area contributed by atoms with Crippen LogP contribution in [0.2, 0.25) is 0 Å². The summed E-state index contributed by atoms with van der Waals surface area (Å²) >= 11 is 0. The monoisotopic (exact) mass is 346 g/mol. The zero-order chi connectivity index (χ0) is 18.5. The number of rotatable bonds is 6. The number of carboxylic acid groups (broad SMARTS) is 2. The second kappa shape index (κ2) is 7.40. The molecule has 6 heteroatoms. The van der Waals surface area contributed by atoms with Crippen LogP contribution < -0.4 is 20.8 Å². The molecular weight excluding hydrogens is 332 g/mol.